The number of fused-ring (bicyclic) bond motifs is 11. The Kier molecular flexibility index (Phi) is 21.9. The fraction of sp³-hybridized carbons (Fsp3) is 0. The maximum atomic E-state index is 14.3. The minimum absolute atomic E-state index is 0. The number of halogens is 5. The summed E-state index contributed by atoms with van der Waals surface area (Å²) in [6, 6.07) is 55.6. The molecule has 11 nitrogen and oxygen atoms in total. The van der Waals surface area contributed by atoms with Gasteiger partial charge in [-0.2, -0.15) is 0 Å². The molecule has 0 aliphatic rings. The Labute approximate surface area is 557 Å². The number of phenolic OH excluding ortho intramolecular Hbond substituents is 4. The summed E-state index contributed by atoms with van der Waals surface area (Å²) in [6.45, 7) is -0.181. The zero-order valence-corrected chi connectivity index (χ0v) is 51.6. The van der Waals surface area contributed by atoms with E-state index in [1.54, 1.807) is 84.9 Å². The minimum atomic E-state index is -0.493. The van der Waals surface area contributed by atoms with Crippen molar-refractivity contribution in [2.24, 2.45) is 0 Å². The summed E-state index contributed by atoms with van der Waals surface area (Å²) in [5.41, 5.74) is 4.79. The normalized spacial score (nSPS) is 10.5. The van der Waals surface area contributed by atoms with Gasteiger partial charge in [0.2, 0.25) is 0 Å². The average Bonchev–Trinajstić information content (AvgIpc) is 4.30. The first-order valence-corrected chi connectivity index (χ1v) is 24.9. The Morgan fingerprint density at radius 3 is 1.19 bits per heavy atom. The summed E-state index contributed by atoms with van der Waals surface area (Å²) >= 11 is 6.57. The van der Waals surface area contributed by atoms with Crippen molar-refractivity contribution in [1.29, 1.82) is 0 Å². The predicted octanol–water partition coefficient (Wildman–Crippen LogP) is 9.56. The second-order valence-electron chi connectivity index (χ2n) is 16.9. The fourth-order valence-electron chi connectivity index (χ4n) is 9.04. The Hall–Kier alpha value is -5.72. The summed E-state index contributed by atoms with van der Waals surface area (Å²) in [4.78, 5) is 11.2. The summed E-state index contributed by atoms with van der Waals surface area (Å²) in [5.74, 6) is -1.23. The maximum absolute atomic E-state index is 14.3. The number of hydrogen-bond donors (Lipinski definition) is 5. The monoisotopic (exact) mass is 1250 g/mol. The molecule has 11 aromatic carbocycles. The SMILES string of the molecule is O=CO[O-].O[B]Oc1ccccc1F.Oc1ccc2c(-c3ccccc3F)c(O)ccc2c1-c1ccccc1F.Oc1ccc2c(Br)c(O)ccc2c1Br.[H-].[K+].[K+].c1ccc2c(c1)oc1ccc3c(ccc4oc5ccccc5c43)c12. The zero-order valence-electron chi connectivity index (χ0n) is 43.2. The van der Waals surface area contributed by atoms with Gasteiger partial charge in [-0.1, -0.05) is 84.9 Å². The van der Waals surface area contributed by atoms with Gasteiger partial charge in [0, 0.05) is 54.6 Å². The van der Waals surface area contributed by atoms with E-state index in [9.17, 15) is 33.6 Å². The van der Waals surface area contributed by atoms with Crippen molar-refractivity contribution in [2.75, 3.05) is 0 Å². The number of phenols is 4. The first-order valence-electron chi connectivity index (χ1n) is 23.3. The standard InChI is InChI=1S/C22H14F2O2.C22H12O2.C10H6Br2O2.C6H5BFO2.CH2O3.2K.H/c23-17-7-3-1-5-15(17)21-13-9-12-20(26)22(14(13)10-11-19(21)25)16-6-2-4-8-18(16)24;1-3-7-17-15(5-1)21-13-9-12-20-22(14(13)10-11-19(21)23-17)16-6-2-4-8-18(16)24-20;11-9-5-1-3-7(13)10(12)6(5)2-4-8(9)14;8-5-3-1-2-4-6(5)10-7-9;2-1-4-3;;;/h1-12,25-26H;1-12H;1-4,13-14H;1-4,9H;1,3H;;;/q;;;;;2*+1;-1/p-1. The van der Waals surface area contributed by atoms with E-state index < -0.39 is 17.5 Å². The van der Waals surface area contributed by atoms with E-state index >= 15 is 0 Å². The molecule has 0 atom stereocenters. The predicted molar refractivity (Wildman–Crippen MR) is 303 cm³/mol. The molecule has 13 aromatic rings. The van der Waals surface area contributed by atoms with Gasteiger partial charge in [-0.15, -0.1) is 0 Å². The molecule has 0 aliphatic carbocycles. The van der Waals surface area contributed by atoms with Crippen LogP contribution in [0, 0.1) is 17.5 Å². The van der Waals surface area contributed by atoms with Gasteiger partial charge in [0.25, 0.3) is 6.47 Å². The average molecular weight is 1250 g/mol. The third-order valence-electron chi connectivity index (χ3n) is 12.4. The van der Waals surface area contributed by atoms with Crippen LogP contribution in [0.2, 0.25) is 0 Å². The van der Waals surface area contributed by atoms with Crippen LogP contribution in [0.5, 0.6) is 28.7 Å². The van der Waals surface area contributed by atoms with Gasteiger partial charge in [-0.05, 0) is 163 Å². The molecule has 0 aliphatic heterocycles. The molecule has 1 radical (unpaired) electrons. The number of hydrogen-bond acceptors (Lipinski definition) is 11. The van der Waals surface area contributed by atoms with Crippen LogP contribution < -0.4 is 113 Å². The van der Waals surface area contributed by atoms with E-state index in [-0.39, 0.29) is 151 Å². The third-order valence-corrected chi connectivity index (χ3v) is 14.1. The number of benzene rings is 11. The van der Waals surface area contributed by atoms with Crippen LogP contribution >= 0.6 is 31.9 Å². The Morgan fingerprint density at radius 1 is 0.438 bits per heavy atom. The Balaban J connectivity index is 0.000000177. The molecule has 19 heteroatoms. The van der Waals surface area contributed by atoms with E-state index in [4.69, 9.17) is 23.9 Å². The number of carbonyl (C=O) groups excluding carboxylic acids is 1. The molecular formula is C61H39BBr2F3K2O11. The summed E-state index contributed by atoms with van der Waals surface area (Å²) in [7, 11) is 0.443. The smallest absolute Gasteiger partial charge is 1.00 e. The van der Waals surface area contributed by atoms with E-state index in [0.29, 0.717) is 38.5 Å². The van der Waals surface area contributed by atoms with Gasteiger partial charge in [-0.3, -0.25) is 4.79 Å². The minimum Gasteiger partial charge on any atom is -1.00 e. The van der Waals surface area contributed by atoms with Crippen LogP contribution in [0.1, 0.15) is 1.43 Å². The summed E-state index contributed by atoms with van der Waals surface area (Å²) in [6.07, 6.45) is 0. The number of carbonyl (C=O) groups is 1. The van der Waals surface area contributed by atoms with Crippen molar-refractivity contribution in [3.05, 3.63) is 221 Å². The molecule has 80 heavy (non-hydrogen) atoms. The van der Waals surface area contributed by atoms with Crippen LogP contribution in [0.4, 0.5) is 13.2 Å². The van der Waals surface area contributed by atoms with E-state index in [1.807, 2.05) is 24.3 Å². The second-order valence-corrected chi connectivity index (χ2v) is 18.5. The van der Waals surface area contributed by atoms with Crippen LogP contribution in [-0.2, 0) is 9.68 Å². The molecule has 0 saturated carbocycles. The van der Waals surface area contributed by atoms with Crippen molar-refractivity contribution in [1.82, 2.24) is 0 Å². The molecule has 0 spiro atoms. The van der Waals surface area contributed by atoms with Gasteiger partial charge >= 0.3 is 110 Å². The number of aromatic hydroxyl groups is 4. The number of rotatable bonds is 5. The molecule has 2 heterocycles. The molecule has 389 valence electrons. The molecule has 0 saturated heterocycles. The van der Waals surface area contributed by atoms with Crippen molar-refractivity contribution in [2.45, 2.75) is 0 Å². The van der Waals surface area contributed by atoms with Gasteiger partial charge in [0.15, 0.2) is 5.82 Å². The van der Waals surface area contributed by atoms with E-state index in [2.05, 4.69) is 89.9 Å². The van der Waals surface area contributed by atoms with Crippen molar-refractivity contribution < 1.29 is 171 Å². The summed E-state index contributed by atoms with van der Waals surface area (Å²) < 4.78 is 58.9. The zero-order chi connectivity index (χ0) is 55.0. The van der Waals surface area contributed by atoms with Crippen molar-refractivity contribution >= 4 is 122 Å². The van der Waals surface area contributed by atoms with Gasteiger partial charge in [0.05, 0.1) is 8.95 Å². The first kappa shape index (κ1) is 61.9. The molecule has 0 amide bonds. The molecule has 0 bridgehead atoms. The van der Waals surface area contributed by atoms with Crippen LogP contribution in [-0.4, -0.2) is 39.6 Å². The van der Waals surface area contributed by atoms with Gasteiger partial charge in [-0.25, -0.2) is 13.2 Å². The largest absolute Gasteiger partial charge is 1.00 e. The topological polar surface area (TPSA) is 186 Å². The number of furan rings is 2. The molecule has 2 aromatic heterocycles. The molecule has 5 N–H and O–H groups in total. The van der Waals surface area contributed by atoms with Crippen LogP contribution in [0.25, 0.3) is 98.4 Å². The van der Waals surface area contributed by atoms with Crippen molar-refractivity contribution in [3.63, 3.8) is 0 Å². The molecular weight excluding hydrogens is 1210 g/mol. The number of para-hydroxylation sites is 3. The molecule has 13 rings (SSSR count). The fourth-order valence-corrected chi connectivity index (χ4v) is 9.99. The van der Waals surface area contributed by atoms with Crippen LogP contribution in [0.3, 0.4) is 0 Å². The van der Waals surface area contributed by atoms with E-state index in [1.165, 1.54) is 57.9 Å². The summed E-state index contributed by atoms with van der Waals surface area (Å²) in [5, 5.41) is 66.0. The van der Waals surface area contributed by atoms with Crippen LogP contribution in [0.15, 0.2) is 212 Å². The van der Waals surface area contributed by atoms with Gasteiger partial charge in [0.1, 0.15) is 62.7 Å². The van der Waals surface area contributed by atoms with Gasteiger partial charge < -0.3 is 50.5 Å². The second kappa shape index (κ2) is 28.3. The third kappa shape index (κ3) is 13.1. The maximum Gasteiger partial charge on any atom is 1.00 e. The quantitative estimate of drug-likeness (QED) is 0.0478. The molecule has 0 fully saturated rings. The Morgan fingerprint density at radius 2 is 0.787 bits per heavy atom. The first-order chi connectivity index (χ1) is 37.8. The van der Waals surface area contributed by atoms with E-state index in [0.717, 1.165) is 43.9 Å². The van der Waals surface area contributed by atoms with Crippen molar-refractivity contribution in [3.8, 4) is 51.0 Å². The molecule has 0 unspecified atom stereocenters. The Bertz CT molecular complexity index is 4110.